The number of nitrogens with zero attached hydrogens (tertiary/aromatic N) is 2. The van der Waals surface area contributed by atoms with Crippen LogP contribution in [0.2, 0.25) is 0 Å². The smallest absolute Gasteiger partial charge is 0.270 e. The van der Waals surface area contributed by atoms with Gasteiger partial charge < -0.3 is 5.32 Å². The number of fused-ring (bicyclic) bond motifs is 1. The second-order valence-corrected chi connectivity index (χ2v) is 7.27. The van der Waals surface area contributed by atoms with Crippen molar-refractivity contribution >= 4 is 22.5 Å². The highest BCUT2D eigenvalue weighted by atomic mass is 16.6. The SMILES string of the molecule is O=C(N[C@H]1CCC[C@@H](c2ccc([N+](=O)[O-])cc2)C1)c1ccc2ccccc2n1. The molecule has 1 aliphatic rings. The normalized spacial score (nSPS) is 19.3. The first-order chi connectivity index (χ1) is 13.6. The van der Waals surface area contributed by atoms with Crippen molar-refractivity contribution in [2.24, 2.45) is 0 Å². The van der Waals surface area contributed by atoms with Gasteiger partial charge in [-0.25, -0.2) is 4.98 Å². The standard InChI is InChI=1S/C22H21N3O3/c26-22(21-13-10-16-4-1-2-7-20(16)24-21)23-18-6-3-5-17(14-18)15-8-11-19(12-9-15)25(27)28/h1-2,4,7-13,17-18H,3,5-6,14H2,(H,23,26)/t17-,18+/m1/s1. The maximum absolute atomic E-state index is 12.7. The van der Waals surface area contributed by atoms with Crippen LogP contribution < -0.4 is 5.32 Å². The largest absolute Gasteiger partial charge is 0.348 e. The number of aromatic nitrogens is 1. The van der Waals surface area contributed by atoms with Crippen LogP contribution in [0.3, 0.4) is 0 Å². The van der Waals surface area contributed by atoms with E-state index in [1.807, 2.05) is 42.5 Å². The minimum atomic E-state index is -0.385. The fraction of sp³-hybridized carbons (Fsp3) is 0.273. The van der Waals surface area contributed by atoms with Crippen molar-refractivity contribution in [2.45, 2.75) is 37.6 Å². The Bertz CT molecular complexity index is 1020. The molecule has 2 aromatic carbocycles. The Morgan fingerprint density at radius 1 is 1.04 bits per heavy atom. The predicted octanol–water partition coefficient (Wildman–Crippen LogP) is 4.60. The topological polar surface area (TPSA) is 85.1 Å². The fourth-order valence-electron chi connectivity index (χ4n) is 3.94. The summed E-state index contributed by atoms with van der Waals surface area (Å²) < 4.78 is 0. The molecule has 0 radical (unpaired) electrons. The number of nitrogens with one attached hydrogen (secondary N) is 1. The molecule has 0 bridgehead atoms. The molecule has 1 aliphatic carbocycles. The molecule has 0 spiro atoms. The van der Waals surface area contributed by atoms with E-state index in [1.54, 1.807) is 18.2 Å². The van der Waals surface area contributed by atoms with E-state index in [2.05, 4.69) is 10.3 Å². The summed E-state index contributed by atoms with van der Waals surface area (Å²) in [5.41, 5.74) is 2.43. The highest BCUT2D eigenvalue weighted by Crippen LogP contribution is 2.33. The summed E-state index contributed by atoms with van der Waals surface area (Å²) in [6.45, 7) is 0. The van der Waals surface area contributed by atoms with Crippen molar-refractivity contribution in [2.75, 3.05) is 0 Å². The van der Waals surface area contributed by atoms with E-state index in [-0.39, 0.29) is 22.6 Å². The highest BCUT2D eigenvalue weighted by molar-refractivity contribution is 5.95. The second-order valence-electron chi connectivity index (χ2n) is 7.27. The van der Waals surface area contributed by atoms with Gasteiger partial charge in [0.05, 0.1) is 10.4 Å². The molecule has 4 rings (SSSR count). The number of benzene rings is 2. The lowest BCUT2D eigenvalue weighted by molar-refractivity contribution is -0.384. The Morgan fingerprint density at radius 3 is 2.61 bits per heavy atom. The average molecular weight is 375 g/mol. The van der Waals surface area contributed by atoms with Crippen molar-refractivity contribution in [3.8, 4) is 0 Å². The molecule has 1 saturated carbocycles. The zero-order chi connectivity index (χ0) is 19.5. The lowest BCUT2D eigenvalue weighted by Crippen LogP contribution is -2.38. The zero-order valence-corrected chi connectivity index (χ0v) is 15.4. The van der Waals surface area contributed by atoms with Crippen molar-refractivity contribution in [1.29, 1.82) is 0 Å². The Labute approximate surface area is 162 Å². The summed E-state index contributed by atoms with van der Waals surface area (Å²) in [5.74, 6) is 0.143. The minimum absolute atomic E-state index is 0.0784. The summed E-state index contributed by atoms with van der Waals surface area (Å²) >= 11 is 0. The van der Waals surface area contributed by atoms with Gasteiger partial charge in [-0.15, -0.1) is 0 Å². The lowest BCUT2D eigenvalue weighted by Gasteiger charge is -2.30. The molecule has 6 heteroatoms. The van der Waals surface area contributed by atoms with Crippen LogP contribution in [0.5, 0.6) is 0 Å². The number of carbonyl (C=O) groups excluding carboxylic acids is 1. The maximum atomic E-state index is 12.7. The lowest BCUT2D eigenvalue weighted by atomic mass is 9.81. The number of nitro groups is 1. The third-order valence-electron chi connectivity index (χ3n) is 5.42. The summed E-state index contributed by atoms with van der Waals surface area (Å²) in [4.78, 5) is 27.6. The minimum Gasteiger partial charge on any atom is -0.348 e. The summed E-state index contributed by atoms with van der Waals surface area (Å²) in [7, 11) is 0. The molecule has 1 heterocycles. The van der Waals surface area contributed by atoms with Gasteiger partial charge in [-0.3, -0.25) is 14.9 Å². The van der Waals surface area contributed by atoms with E-state index < -0.39 is 0 Å². The first-order valence-electron chi connectivity index (χ1n) is 9.51. The first-order valence-corrected chi connectivity index (χ1v) is 9.51. The molecular weight excluding hydrogens is 354 g/mol. The third kappa shape index (κ3) is 3.86. The van der Waals surface area contributed by atoms with Crippen LogP contribution in [0, 0.1) is 10.1 Å². The highest BCUT2D eigenvalue weighted by Gasteiger charge is 2.25. The Balaban J connectivity index is 1.44. The molecule has 1 fully saturated rings. The van der Waals surface area contributed by atoms with Gasteiger partial charge in [0, 0.05) is 23.6 Å². The molecule has 2 atom stereocenters. The summed E-state index contributed by atoms with van der Waals surface area (Å²) in [6, 6.07) is 18.2. The number of rotatable bonds is 4. The Hall–Kier alpha value is -3.28. The molecular formula is C22H21N3O3. The maximum Gasteiger partial charge on any atom is 0.270 e. The summed E-state index contributed by atoms with van der Waals surface area (Å²) in [6.07, 6.45) is 3.80. The molecule has 1 N–H and O–H groups in total. The van der Waals surface area contributed by atoms with Gasteiger partial charge in [-0.05, 0) is 42.9 Å². The number of pyridine rings is 1. The quantitative estimate of drug-likeness (QED) is 0.533. The number of para-hydroxylation sites is 1. The molecule has 1 aromatic heterocycles. The average Bonchev–Trinajstić information content (AvgIpc) is 2.73. The molecule has 0 saturated heterocycles. The van der Waals surface area contributed by atoms with Gasteiger partial charge in [0.25, 0.3) is 11.6 Å². The van der Waals surface area contributed by atoms with E-state index in [1.165, 1.54) is 0 Å². The van der Waals surface area contributed by atoms with Gasteiger partial charge in [0.15, 0.2) is 0 Å². The number of hydrogen-bond acceptors (Lipinski definition) is 4. The van der Waals surface area contributed by atoms with E-state index >= 15 is 0 Å². The molecule has 0 aliphatic heterocycles. The van der Waals surface area contributed by atoms with Gasteiger partial charge in [0.1, 0.15) is 5.69 Å². The van der Waals surface area contributed by atoms with Gasteiger partial charge in [-0.1, -0.05) is 42.8 Å². The van der Waals surface area contributed by atoms with Crippen LogP contribution in [0.4, 0.5) is 5.69 Å². The first kappa shape index (κ1) is 18.1. The molecule has 1 amide bonds. The Kier molecular flexibility index (Phi) is 5.02. The predicted molar refractivity (Wildman–Crippen MR) is 107 cm³/mol. The van der Waals surface area contributed by atoms with Crippen LogP contribution in [-0.4, -0.2) is 21.9 Å². The van der Waals surface area contributed by atoms with Crippen molar-refractivity contribution in [3.63, 3.8) is 0 Å². The summed E-state index contributed by atoms with van der Waals surface area (Å²) in [5, 5.41) is 15.0. The third-order valence-corrected chi connectivity index (χ3v) is 5.42. The van der Waals surface area contributed by atoms with Crippen molar-refractivity contribution < 1.29 is 9.72 Å². The number of nitro benzene ring substituents is 1. The molecule has 142 valence electrons. The van der Waals surface area contributed by atoms with E-state index in [0.29, 0.717) is 11.6 Å². The van der Waals surface area contributed by atoms with Crippen molar-refractivity contribution in [3.05, 3.63) is 82.0 Å². The van der Waals surface area contributed by atoms with Gasteiger partial charge in [0.2, 0.25) is 0 Å². The van der Waals surface area contributed by atoms with Crippen LogP contribution in [-0.2, 0) is 0 Å². The molecule has 0 unspecified atom stereocenters. The number of hydrogen-bond donors (Lipinski definition) is 1. The van der Waals surface area contributed by atoms with Crippen LogP contribution in [0.1, 0.15) is 47.7 Å². The van der Waals surface area contributed by atoms with Crippen molar-refractivity contribution in [1.82, 2.24) is 10.3 Å². The second kappa shape index (κ2) is 7.76. The zero-order valence-electron chi connectivity index (χ0n) is 15.4. The van der Waals surface area contributed by atoms with E-state index in [4.69, 9.17) is 0 Å². The van der Waals surface area contributed by atoms with Gasteiger partial charge >= 0.3 is 0 Å². The van der Waals surface area contributed by atoms with E-state index in [0.717, 1.165) is 42.1 Å². The Morgan fingerprint density at radius 2 is 1.82 bits per heavy atom. The van der Waals surface area contributed by atoms with Gasteiger partial charge in [-0.2, -0.15) is 0 Å². The van der Waals surface area contributed by atoms with Crippen LogP contribution in [0.15, 0.2) is 60.7 Å². The number of amides is 1. The van der Waals surface area contributed by atoms with Crippen LogP contribution >= 0.6 is 0 Å². The van der Waals surface area contributed by atoms with Crippen LogP contribution in [0.25, 0.3) is 10.9 Å². The van der Waals surface area contributed by atoms with E-state index in [9.17, 15) is 14.9 Å². The molecule has 6 nitrogen and oxygen atoms in total. The molecule has 28 heavy (non-hydrogen) atoms. The molecule has 3 aromatic rings. The number of non-ortho nitro benzene ring substituents is 1. The number of carbonyl (C=O) groups is 1. The monoisotopic (exact) mass is 375 g/mol. The fourth-order valence-corrected chi connectivity index (χ4v) is 3.94.